The third-order valence-electron chi connectivity index (χ3n) is 3.60. The third kappa shape index (κ3) is 9.11. The quantitative estimate of drug-likeness (QED) is 0.737. The van der Waals surface area contributed by atoms with Crippen molar-refractivity contribution in [1.29, 1.82) is 0 Å². The van der Waals surface area contributed by atoms with Crippen molar-refractivity contribution in [2.75, 3.05) is 13.2 Å². The number of carbonyl (C=O) groups excluding carboxylic acids is 1. The Balaban J connectivity index is 3.97. The number of alkyl carbamates (subject to hydrolysis) is 1. The Kier molecular flexibility index (Phi) is 7.39. The lowest BCUT2D eigenvalue weighted by Crippen LogP contribution is -2.42. The Labute approximate surface area is 130 Å². The first-order valence-electron chi connectivity index (χ1n) is 7.53. The zero-order valence-corrected chi connectivity index (χ0v) is 15.9. The highest BCUT2D eigenvalue weighted by Gasteiger charge is 2.36. The van der Waals surface area contributed by atoms with Crippen LogP contribution < -0.4 is 5.32 Å². The van der Waals surface area contributed by atoms with E-state index < -0.39 is 26.1 Å². The second kappa shape index (κ2) is 7.60. The minimum absolute atomic E-state index is 0.159. The van der Waals surface area contributed by atoms with Crippen LogP contribution in [0.2, 0.25) is 18.1 Å². The molecule has 0 spiro atoms. The van der Waals surface area contributed by atoms with Crippen molar-refractivity contribution >= 4 is 14.4 Å². The molecule has 0 aromatic heterocycles. The lowest BCUT2D eigenvalue weighted by Gasteiger charge is -2.36. The van der Waals surface area contributed by atoms with Gasteiger partial charge < -0.3 is 19.6 Å². The fourth-order valence-corrected chi connectivity index (χ4v) is 2.35. The lowest BCUT2D eigenvalue weighted by molar-refractivity contribution is 0.0480. The topological polar surface area (TPSA) is 67.8 Å². The molecule has 0 fully saturated rings. The lowest BCUT2D eigenvalue weighted by atomic mass is 10.2. The van der Waals surface area contributed by atoms with Crippen molar-refractivity contribution in [2.24, 2.45) is 0 Å². The molecule has 126 valence electrons. The van der Waals surface area contributed by atoms with Crippen LogP contribution in [0.3, 0.4) is 0 Å². The van der Waals surface area contributed by atoms with Crippen molar-refractivity contribution in [1.82, 2.24) is 5.32 Å². The summed E-state index contributed by atoms with van der Waals surface area (Å²) in [7, 11) is -1.77. The fraction of sp³-hybridized carbons (Fsp3) is 0.933. The Morgan fingerprint density at radius 2 is 1.71 bits per heavy atom. The Hall–Kier alpha value is -0.593. The molecule has 5 nitrogen and oxygen atoms in total. The number of rotatable bonds is 6. The van der Waals surface area contributed by atoms with Crippen LogP contribution in [0.4, 0.5) is 4.79 Å². The van der Waals surface area contributed by atoms with Crippen molar-refractivity contribution in [2.45, 2.75) is 77.8 Å². The van der Waals surface area contributed by atoms with Gasteiger partial charge in [-0.3, -0.25) is 0 Å². The molecule has 0 radical (unpaired) electrons. The van der Waals surface area contributed by atoms with E-state index in [0.29, 0.717) is 13.0 Å². The van der Waals surface area contributed by atoms with E-state index in [1.165, 1.54) is 0 Å². The molecule has 0 aliphatic rings. The van der Waals surface area contributed by atoms with Gasteiger partial charge in [0.2, 0.25) is 0 Å². The summed E-state index contributed by atoms with van der Waals surface area (Å²) < 4.78 is 11.1. The van der Waals surface area contributed by atoms with Gasteiger partial charge in [-0.2, -0.15) is 0 Å². The Morgan fingerprint density at radius 1 is 1.19 bits per heavy atom. The molecule has 0 bridgehead atoms. The van der Waals surface area contributed by atoms with E-state index in [9.17, 15) is 9.90 Å². The molecule has 21 heavy (non-hydrogen) atoms. The van der Waals surface area contributed by atoms with E-state index in [2.05, 4.69) is 39.2 Å². The standard InChI is InChI=1S/C15H33NO4Si/c1-14(2,3)20-13(18)16-11-12(17)9-10-19-21(7,8)15(4,5)6/h12,17H,9-11H2,1-8H3,(H,16,18). The fourth-order valence-electron chi connectivity index (χ4n) is 1.28. The normalized spacial score (nSPS) is 14.7. The number of nitrogens with one attached hydrogen (secondary N) is 1. The van der Waals surface area contributed by atoms with Crippen LogP contribution in [0.15, 0.2) is 0 Å². The van der Waals surface area contributed by atoms with Gasteiger partial charge in [0, 0.05) is 13.2 Å². The monoisotopic (exact) mass is 319 g/mol. The van der Waals surface area contributed by atoms with Gasteiger partial charge in [-0.25, -0.2) is 4.79 Å². The molecular weight excluding hydrogens is 286 g/mol. The number of aliphatic hydroxyl groups is 1. The largest absolute Gasteiger partial charge is 0.444 e. The molecule has 0 aromatic rings. The van der Waals surface area contributed by atoms with Crippen LogP contribution in [0.5, 0.6) is 0 Å². The molecule has 0 aliphatic carbocycles. The van der Waals surface area contributed by atoms with Gasteiger partial charge in [0.05, 0.1) is 6.10 Å². The van der Waals surface area contributed by atoms with Gasteiger partial charge in [-0.05, 0) is 45.3 Å². The predicted octanol–water partition coefficient (Wildman–Crippen LogP) is 3.28. The summed E-state index contributed by atoms with van der Waals surface area (Å²) in [5.74, 6) is 0. The first kappa shape index (κ1) is 20.4. The molecule has 1 amide bonds. The summed E-state index contributed by atoms with van der Waals surface area (Å²) in [5, 5.41) is 12.6. The zero-order chi connectivity index (χ0) is 16.9. The van der Waals surface area contributed by atoms with E-state index in [-0.39, 0.29) is 11.6 Å². The van der Waals surface area contributed by atoms with Gasteiger partial charge in [0.25, 0.3) is 0 Å². The van der Waals surface area contributed by atoms with Gasteiger partial charge in [-0.1, -0.05) is 20.8 Å². The van der Waals surface area contributed by atoms with Crippen molar-refractivity contribution in [3.8, 4) is 0 Å². The minimum Gasteiger partial charge on any atom is -0.444 e. The molecule has 0 aliphatic heterocycles. The second-order valence-electron chi connectivity index (χ2n) is 7.93. The van der Waals surface area contributed by atoms with E-state index in [1.807, 2.05) is 0 Å². The average Bonchev–Trinajstić information content (AvgIpc) is 2.22. The maximum absolute atomic E-state index is 11.5. The molecule has 0 rings (SSSR count). The number of hydrogen-bond donors (Lipinski definition) is 2. The predicted molar refractivity (Wildman–Crippen MR) is 88.0 cm³/mol. The van der Waals surface area contributed by atoms with E-state index in [1.54, 1.807) is 20.8 Å². The molecule has 0 saturated heterocycles. The van der Waals surface area contributed by atoms with Crippen molar-refractivity contribution in [3.05, 3.63) is 0 Å². The Bertz CT molecular complexity index is 332. The van der Waals surface area contributed by atoms with Crippen LogP contribution in [0.25, 0.3) is 0 Å². The van der Waals surface area contributed by atoms with Crippen molar-refractivity contribution < 1.29 is 19.1 Å². The molecule has 1 unspecified atom stereocenters. The molecule has 2 N–H and O–H groups in total. The minimum atomic E-state index is -1.77. The van der Waals surface area contributed by atoms with Gasteiger partial charge in [-0.15, -0.1) is 0 Å². The highest BCUT2D eigenvalue weighted by molar-refractivity contribution is 6.74. The molecule has 0 saturated carbocycles. The third-order valence-corrected chi connectivity index (χ3v) is 8.14. The van der Waals surface area contributed by atoms with Crippen LogP contribution in [0.1, 0.15) is 48.0 Å². The Morgan fingerprint density at radius 3 is 2.14 bits per heavy atom. The van der Waals surface area contributed by atoms with Crippen LogP contribution >= 0.6 is 0 Å². The SMILES string of the molecule is CC(C)(C)OC(=O)NCC(O)CCO[Si](C)(C)C(C)(C)C. The highest BCUT2D eigenvalue weighted by Crippen LogP contribution is 2.36. The molecule has 6 heteroatoms. The van der Waals surface area contributed by atoms with Gasteiger partial charge in [0.15, 0.2) is 8.32 Å². The van der Waals surface area contributed by atoms with E-state index >= 15 is 0 Å². The summed E-state index contributed by atoms with van der Waals surface area (Å²) in [4.78, 5) is 11.5. The molecule has 0 aromatic carbocycles. The van der Waals surface area contributed by atoms with Crippen LogP contribution in [-0.2, 0) is 9.16 Å². The number of amides is 1. The first-order valence-corrected chi connectivity index (χ1v) is 10.4. The van der Waals surface area contributed by atoms with Gasteiger partial charge in [0.1, 0.15) is 5.60 Å². The summed E-state index contributed by atoms with van der Waals surface area (Å²) >= 11 is 0. The number of aliphatic hydroxyl groups excluding tert-OH is 1. The summed E-state index contributed by atoms with van der Waals surface area (Å²) in [6.07, 6.45) is -0.628. The van der Waals surface area contributed by atoms with Crippen LogP contribution in [-0.4, -0.2) is 44.4 Å². The number of ether oxygens (including phenoxy) is 1. The summed E-state index contributed by atoms with van der Waals surface area (Å²) in [5.41, 5.74) is -0.527. The summed E-state index contributed by atoms with van der Waals surface area (Å²) in [6.45, 7) is 17.0. The van der Waals surface area contributed by atoms with E-state index in [4.69, 9.17) is 9.16 Å². The maximum atomic E-state index is 11.5. The molecular formula is C15H33NO4Si. The number of carbonyl (C=O) groups is 1. The molecule has 0 heterocycles. The maximum Gasteiger partial charge on any atom is 0.407 e. The van der Waals surface area contributed by atoms with Crippen molar-refractivity contribution in [3.63, 3.8) is 0 Å². The number of hydrogen-bond acceptors (Lipinski definition) is 4. The van der Waals surface area contributed by atoms with Gasteiger partial charge >= 0.3 is 6.09 Å². The first-order chi connectivity index (χ1) is 9.24. The second-order valence-corrected chi connectivity index (χ2v) is 12.7. The zero-order valence-electron chi connectivity index (χ0n) is 14.9. The smallest absolute Gasteiger partial charge is 0.407 e. The highest BCUT2D eigenvalue weighted by atomic mass is 28.4. The summed E-state index contributed by atoms with van der Waals surface area (Å²) in [6, 6.07) is 0. The average molecular weight is 320 g/mol. The van der Waals surface area contributed by atoms with Crippen LogP contribution in [0, 0.1) is 0 Å². The van der Waals surface area contributed by atoms with E-state index in [0.717, 1.165) is 0 Å². The molecule has 1 atom stereocenters.